The van der Waals surface area contributed by atoms with Crippen LogP contribution >= 0.6 is 11.6 Å². The minimum absolute atomic E-state index is 0.0167. The van der Waals surface area contributed by atoms with Crippen LogP contribution in [0.1, 0.15) is 23.2 Å². The summed E-state index contributed by atoms with van der Waals surface area (Å²) in [6.45, 7) is -0.00818. The highest BCUT2D eigenvalue weighted by Crippen LogP contribution is 2.30. The Kier molecular flexibility index (Phi) is 6.51. The molecule has 1 aliphatic rings. The second-order valence-electron chi connectivity index (χ2n) is 6.57. The lowest BCUT2D eigenvalue weighted by Gasteiger charge is -2.09. The van der Waals surface area contributed by atoms with Crippen molar-refractivity contribution in [3.63, 3.8) is 0 Å². The predicted molar refractivity (Wildman–Crippen MR) is 107 cm³/mol. The minimum atomic E-state index is -3.87. The molecule has 0 bridgehead atoms. The number of nitrogens with one attached hydrogen (secondary N) is 3. The molecule has 1 saturated carbocycles. The van der Waals surface area contributed by atoms with Gasteiger partial charge in [-0.1, -0.05) is 11.6 Å². The molecule has 29 heavy (non-hydrogen) atoms. The summed E-state index contributed by atoms with van der Waals surface area (Å²) in [7, 11) is -3.87. The van der Waals surface area contributed by atoms with E-state index in [1.165, 1.54) is 0 Å². The summed E-state index contributed by atoms with van der Waals surface area (Å²) in [6.07, 6.45) is 1.81. The number of hydrogen-bond acceptors (Lipinski definition) is 4. The number of sulfonamides is 1. The van der Waals surface area contributed by atoms with Gasteiger partial charge in [0.05, 0.1) is 9.92 Å². The molecule has 0 heterocycles. The molecule has 3 rings (SSSR count). The average molecular weight is 440 g/mol. The van der Waals surface area contributed by atoms with E-state index in [1.54, 1.807) is 24.3 Å². The molecule has 154 valence electrons. The molecule has 10 heteroatoms. The van der Waals surface area contributed by atoms with Crippen LogP contribution in [0.2, 0.25) is 5.02 Å². The van der Waals surface area contributed by atoms with E-state index in [0.717, 1.165) is 31.0 Å². The lowest BCUT2D eigenvalue weighted by Crippen LogP contribution is -2.34. The zero-order chi connectivity index (χ0) is 21.0. The summed E-state index contributed by atoms with van der Waals surface area (Å²) >= 11 is 5.60. The van der Waals surface area contributed by atoms with Gasteiger partial charge in [-0.15, -0.1) is 0 Å². The maximum absolute atomic E-state index is 13.2. The van der Waals surface area contributed by atoms with E-state index in [1.807, 2.05) is 0 Å². The van der Waals surface area contributed by atoms with Gasteiger partial charge in [-0.25, -0.2) is 17.5 Å². The monoisotopic (exact) mass is 439 g/mol. The van der Waals surface area contributed by atoms with Gasteiger partial charge < -0.3 is 10.6 Å². The first kappa shape index (κ1) is 21.2. The number of rotatable bonds is 8. The molecule has 0 atom stereocenters. The highest BCUT2D eigenvalue weighted by Gasteiger charge is 2.29. The minimum Gasteiger partial charge on any atom is -0.351 e. The average Bonchev–Trinajstić information content (AvgIpc) is 3.53. The molecule has 0 aliphatic heterocycles. The van der Waals surface area contributed by atoms with Crippen molar-refractivity contribution >= 4 is 39.1 Å². The van der Waals surface area contributed by atoms with Gasteiger partial charge in [0.15, 0.2) is 0 Å². The van der Waals surface area contributed by atoms with Gasteiger partial charge in [0, 0.05) is 30.3 Å². The Morgan fingerprint density at radius 1 is 1.07 bits per heavy atom. The summed E-state index contributed by atoms with van der Waals surface area (Å²) in [5, 5.41) is 5.08. The molecule has 7 nitrogen and oxygen atoms in total. The predicted octanol–water partition coefficient (Wildman–Crippen LogP) is 2.54. The quantitative estimate of drug-likeness (QED) is 0.550. The van der Waals surface area contributed by atoms with Crippen molar-refractivity contribution in [2.75, 3.05) is 18.4 Å². The third kappa shape index (κ3) is 5.75. The second-order valence-corrected chi connectivity index (χ2v) is 8.74. The molecule has 0 spiro atoms. The topological polar surface area (TPSA) is 104 Å². The summed E-state index contributed by atoms with van der Waals surface area (Å²) in [4.78, 5) is 23.7. The van der Waals surface area contributed by atoms with Crippen LogP contribution in [0.25, 0.3) is 0 Å². The first-order valence-electron chi connectivity index (χ1n) is 8.90. The Hall–Kier alpha value is -2.49. The molecule has 0 unspecified atom stereocenters. The van der Waals surface area contributed by atoms with Gasteiger partial charge in [-0.3, -0.25) is 9.59 Å². The van der Waals surface area contributed by atoms with Crippen LogP contribution in [0.4, 0.5) is 10.1 Å². The van der Waals surface area contributed by atoms with E-state index in [0.29, 0.717) is 11.3 Å². The lowest BCUT2D eigenvalue weighted by atomic mass is 10.2. The van der Waals surface area contributed by atoms with E-state index < -0.39 is 15.8 Å². The second kappa shape index (κ2) is 8.89. The highest BCUT2D eigenvalue weighted by atomic mass is 35.5. The van der Waals surface area contributed by atoms with Crippen molar-refractivity contribution in [2.45, 2.75) is 17.7 Å². The number of halogens is 2. The molecule has 2 aromatic carbocycles. The molecule has 0 saturated heterocycles. The Morgan fingerprint density at radius 2 is 1.76 bits per heavy atom. The van der Waals surface area contributed by atoms with E-state index in [4.69, 9.17) is 11.6 Å². The number of amides is 2. The summed E-state index contributed by atoms with van der Waals surface area (Å²) in [5.41, 5.74) is 0.992. The van der Waals surface area contributed by atoms with Crippen molar-refractivity contribution in [2.24, 2.45) is 5.92 Å². The standard InChI is InChI=1S/C19H19ClFN3O4S/c20-16-11-15(7-8-17(16)21)29(27,28)23-10-9-22-18(25)12-3-5-14(6-4-12)24-19(26)13-1-2-13/h3-8,11,13,23H,1-2,9-10H2,(H,22,25)(H,24,26). The van der Waals surface area contributed by atoms with Crippen LogP contribution in [0, 0.1) is 11.7 Å². The van der Waals surface area contributed by atoms with Gasteiger partial charge in [-0.2, -0.15) is 0 Å². The van der Waals surface area contributed by atoms with Gasteiger partial charge in [-0.05, 0) is 55.3 Å². The highest BCUT2D eigenvalue weighted by molar-refractivity contribution is 7.89. The van der Waals surface area contributed by atoms with Gasteiger partial charge >= 0.3 is 0 Å². The fraction of sp³-hybridized carbons (Fsp3) is 0.263. The van der Waals surface area contributed by atoms with E-state index >= 15 is 0 Å². The largest absolute Gasteiger partial charge is 0.351 e. The van der Waals surface area contributed by atoms with Gasteiger partial charge in [0.2, 0.25) is 15.9 Å². The van der Waals surface area contributed by atoms with Crippen molar-refractivity contribution in [1.82, 2.24) is 10.0 Å². The maximum Gasteiger partial charge on any atom is 0.251 e. The van der Waals surface area contributed by atoms with Crippen LogP contribution in [-0.2, 0) is 14.8 Å². The van der Waals surface area contributed by atoms with Crippen LogP contribution in [0.3, 0.4) is 0 Å². The molecule has 0 aromatic heterocycles. The SMILES string of the molecule is O=C(NCCNS(=O)(=O)c1ccc(F)c(Cl)c1)c1ccc(NC(=O)C2CC2)cc1. The molecule has 1 fully saturated rings. The summed E-state index contributed by atoms with van der Waals surface area (Å²) in [5.74, 6) is -1.02. The van der Waals surface area contributed by atoms with Crippen LogP contribution in [0.15, 0.2) is 47.4 Å². The molecule has 2 amide bonds. The van der Waals surface area contributed by atoms with E-state index in [-0.39, 0.29) is 40.7 Å². The number of benzene rings is 2. The first-order valence-corrected chi connectivity index (χ1v) is 10.8. The van der Waals surface area contributed by atoms with Crippen LogP contribution in [0.5, 0.6) is 0 Å². The molecular formula is C19H19ClFN3O4S. The van der Waals surface area contributed by atoms with Crippen molar-refractivity contribution in [3.05, 3.63) is 58.9 Å². The van der Waals surface area contributed by atoms with E-state index in [2.05, 4.69) is 15.4 Å². The zero-order valence-electron chi connectivity index (χ0n) is 15.2. The Morgan fingerprint density at radius 3 is 2.38 bits per heavy atom. The first-order chi connectivity index (χ1) is 13.8. The zero-order valence-corrected chi connectivity index (χ0v) is 16.8. The fourth-order valence-electron chi connectivity index (χ4n) is 2.49. The van der Waals surface area contributed by atoms with Gasteiger partial charge in [0.1, 0.15) is 5.82 Å². The lowest BCUT2D eigenvalue weighted by molar-refractivity contribution is -0.117. The third-order valence-electron chi connectivity index (χ3n) is 4.27. The van der Waals surface area contributed by atoms with Crippen LogP contribution in [-0.4, -0.2) is 33.3 Å². The Bertz CT molecular complexity index is 1020. The number of carbonyl (C=O) groups is 2. The van der Waals surface area contributed by atoms with Crippen LogP contribution < -0.4 is 15.4 Å². The number of anilines is 1. The normalized spacial score (nSPS) is 13.7. The molecular weight excluding hydrogens is 421 g/mol. The van der Waals surface area contributed by atoms with E-state index in [9.17, 15) is 22.4 Å². The Balaban J connectivity index is 1.46. The molecule has 2 aromatic rings. The smallest absolute Gasteiger partial charge is 0.251 e. The molecule has 3 N–H and O–H groups in total. The van der Waals surface area contributed by atoms with Crippen molar-refractivity contribution < 1.29 is 22.4 Å². The summed E-state index contributed by atoms with van der Waals surface area (Å²) < 4.78 is 39.8. The molecule has 1 aliphatic carbocycles. The third-order valence-corrected chi connectivity index (χ3v) is 6.02. The van der Waals surface area contributed by atoms with Gasteiger partial charge in [0.25, 0.3) is 5.91 Å². The van der Waals surface area contributed by atoms with Crippen molar-refractivity contribution in [1.29, 1.82) is 0 Å². The maximum atomic E-state index is 13.2. The number of hydrogen-bond donors (Lipinski definition) is 3. The number of carbonyl (C=O) groups excluding carboxylic acids is 2. The summed E-state index contributed by atoms with van der Waals surface area (Å²) in [6, 6.07) is 9.50. The Labute approximate surface area is 172 Å². The fourth-order valence-corrected chi connectivity index (χ4v) is 3.79. The van der Waals surface area contributed by atoms with Crippen molar-refractivity contribution in [3.8, 4) is 0 Å². The molecule has 0 radical (unpaired) electrons.